The van der Waals surface area contributed by atoms with Gasteiger partial charge in [0.2, 0.25) is 11.7 Å². The molecule has 0 saturated carbocycles. The molecule has 3 unspecified atom stereocenters. The molecule has 2 heterocycles. The molecule has 1 aliphatic heterocycles. The number of aromatic nitrogens is 2. The van der Waals surface area contributed by atoms with E-state index in [-0.39, 0.29) is 11.5 Å². The van der Waals surface area contributed by atoms with E-state index in [1.54, 1.807) is 0 Å². The normalized spacial score (nSPS) is 26.4. The Bertz CT molecular complexity index is 413. The minimum atomic E-state index is -0.375. The molecule has 5 heteroatoms. The molecular weight excluding hydrogens is 254 g/mol. The van der Waals surface area contributed by atoms with E-state index in [1.807, 2.05) is 0 Å². The van der Waals surface area contributed by atoms with Crippen molar-refractivity contribution in [2.45, 2.75) is 70.9 Å². The van der Waals surface area contributed by atoms with Crippen molar-refractivity contribution in [1.82, 2.24) is 15.5 Å². The molecule has 2 rings (SSSR count). The third-order valence-electron chi connectivity index (χ3n) is 4.28. The van der Waals surface area contributed by atoms with Crippen LogP contribution < -0.4 is 5.32 Å². The molecule has 1 aromatic rings. The number of rotatable bonds is 6. The summed E-state index contributed by atoms with van der Waals surface area (Å²) in [6, 6.07) is 0.369. The van der Waals surface area contributed by atoms with Crippen LogP contribution in [-0.4, -0.2) is 29.3 Å². The lowest BCUT2D eigenvalue weighted by molar-refractivity contribution is -0.0770. The number of hydrogen-bond acceptors (Lipinski definition) is 5. The first-order valence-corrected chi connectivity index (χ1v) is 7.82. The van der Waals surface area contributed by atoms with E-state index in [1.165, 1.54) is 0 Å². The second-order valence-corrected chi connectivity index (χ2v) is 5.85. The van der Waals surface area contributed by atoms with Gasteiger partial charge in [0, 0.05) is 12.6 Å². The van der Waals surface area contributed by atoms with Crippen LogP contribution in [0.1, 0.15) is 71.0 Å². The van der Waals surface area contributed by atoms with E-state index >= 15 is 0 Å². The minimum Gasteiger partial charge on any atom is -0.367 e. The highest BCUT2D eigenvalue weighted by Crippen LogP contribution is 2.33. The Balaban J connectivity index is 2.11. The first-order chi connectivity index (χ1) is 9.60. The highest BCUT2D eigenvalue weighted by molar-refractivity contribution is 5.04. The first kappa shape index (κ1) is 15.4. The van der Waals surface area contributed by atoms with Gasteiger partial charge in [-0.05, 0) is 39.2 Å². The zero-order valence-corrected chi connectivity index (χ0v) is 13.1. The Morgan fingerprint density at radius 3 is 2.75 bits per heavy atom. The summed E-state index contributed by atoms with van der Waals surface area (Å²) < 4.78 is 11.4. The molecule has 1 aliphatic rings. The monoisotopic (exact) mass is 281 g/mol. The molecule has 1 N–H and O–H groups in total. The fraction of sp³-hybridized carbons (Fsp3) is 0.867. The van der Waals surface area contributed by atoms with Gasteiger partial charge in [0.05, 0.1) is 5.92 Å². The summed E-state index contributed by atoms with van der Waals surface area (Å²) in [6.07, 6.45) is 4.28. The van der Waals surface area contributed by atoms with Gasteiger partial charge in [-0.2, -0.15) is 4.98 Å². The standard InChI is InChI=1S/C15H27N3O2/c1-5-12(16-6-2)11(3)13-17-14(18-20-13)15(4)9-7-8-10-19-15/h11-12,16H,5-10H2,1-4H3. The van der Waals surface area contributed by atoms with Crippen LogP contribution >= 0.6 is 0 Å². The Kier molecular flexibility index (Phi) is 5.16. The van der Waals surface area contributed by atoms with Gasteiger partial charge in [-0.3, -0.25) is 0 Å². The third-order valence-corrected chi connectivity index (χ3v) is 4.28. The molecule has 0 bridgehead atoms. The molecule has 3 atom stereocenters. The molecular formula is C15H27N3O2. The van der Waals surface area contributed by atoms with Crippen molar-refractivity contribution in [2.24, 2.45) is 0 Å². The second-order valence-electron chi connectivity index (χ2n) is 5.85. The molecule has 0 amide bonds. The first-order valence-electron chi connectivity index (χ1n) is 7.82. The summed E-state index contributed by atoms with van der Waals surface area (Å²) in [4.78, 5) is 4.61. The van der Waals surface area contributed by atoms with Crippen LogP contribution in [0.4, 0.5) is 0 Å². The highest BCUT2D eigenvalue weighted by Gasteiger charge is 2.36. The second kappa shape index (κ2) is 6.68. The van der Waals surface area contributed by atoms with Crippen molar-refractivity contribution in [1.29, 1.82) is 0 Å². The van der Waals surface area contributed by atoms with Crippen LogP contribution in [0.5, 0.6) is 0 Å². The van der Waals surface area contributed by atoms with Gasteiger partial charge < -0.3 is 14.6 Å². The molecule has 5 nitrogen and oxygen atoms in total. The minimum absolute atomic E-state index is 0.216. The fourth-order valence-electron chi connectivity index (χ4n) is 2.85. The van der Waals surface area contributed by atoms with Crippen molar-refractivity contribution in [3.63, 3.8) is 0 Å². The molecule has 1 fully saturated rings. The summed E-state index contributed by atoms with van der Waals surface area (Å²) >= 11 is 0. The largest absolute Gasteiger partial charge is 0.367 e. The average molecular weight is 281 g/mol. The van der Waals surface area contributed by atoms with Crippen molar-refractivity contribution in [2.75, 3.05) is 13.2 Å². The molecule has 20 heavy (non-hydrogen) atoms. The summed E-state index contributed by atoms with van der Waals surface area (Å²) in [6.45, 7) is 10.2. The summed E-state index contributed by atoms with van der Waals surface area (Å²) in [5.74, 6) is 1.63. The summed E-state index contributed by atoms with van der Waals surface area (Å²) in [7, 11) is 0. The Morgan fingerprint density at radius 1 is 1.35 bits per heavy atom. The van der Waals surface area contributed by atoms with Gasteiger partial charge in [-0.25, -0.2) is 0 Å². The van der Waals surface area contributed by atoms with E-state index in [9.17, 15) is 0 Å². The predicted octanol–water partition coefficient (Wildman–Crippen LogP) is 2.98. The number of nitrogens with zero attached hydrogens (tertiary/aromatic N) is 2. The number of hydrogen-bond donors (Lipinski definition) is 1. The average Bonchev–Trinajstić information content (AvgIpc) is 2.95. The molecule has 114 valence electrons. The van der Waals surface area contributed by atoms with Gasteiger partial charge in [-0.1, -0.05) is 25.9 Å². The zero-order valence-electron chi connectivity index (χ0n) is 13.1. The molecule has 1 saturated heterocycles. The number of nitrogens with one attached hydrogen (secondary N) is 1. The SMILES string of the molecule is CCNC(CC)C(C)c1nc(C2(C)CCCCO2)no1. The molecule has 0 radical (unpaired) electrons. The van der Waals surface area contributed by atoms with Crippen molar-refractivity contribution in [3.8, 4) is 0 Å². The molecule has 0 aliphatic carbocycles. The van der Waals surface area contributed by atoms with Crippen LogP contribution in [0, 0.1) is 0 Å². The van der Waals surface area contributed by atoms with Crippen LogP contribution in [0.15, 0.2) is 4.52 Å². The topological polar surface area (TPSA) is 60.2 Å². The molecule has 0 spiro atoms. The van der Waals surface area contributed by atoms with Crippen LogP contribution in [0.25, 0.3) is 0 Å². The fourth-order valence-corrected chi connectivity index (χ4v) is 2.85. The third kappa shape index (κ3) is 3.20. The van der Waals surface area contributed by atoms with Gasteiger partial charge in [0.15, 0.2) is 0 Å². The van der Waals surface area contributed by atoms with E-state index in [4.69, 9.17) is 9.26 Å². The van der Waals surface area contributed by atoms with Crippen molar-refractivity contribution < 1.29 is 9.26 Å². The van der Waals surface area contributed by atoms with Gasteiger partial charge in [0.25, 0.3) is 0 Å². The van der Waals surface area contributed by atoms with Crippen LogP contribution in [-0.2, 0) is 10.3 Å². The maximum absolute atomic E-state index is 5.88. The zero-order chi connectivity index (χ0) is 14.6. The van der Waals surface area contributed by atoms with Gasteiger partial charge in [0.1, 0.15) is 5.60 Å². The van der Waals surface area contributed by atoms with Crippen LogP contribution in [0.3, 0.4) is 0 Å². The van der Waals surface area contributed by atoms with E-state index < -0.39 is 0 Å². The highest BCUT2D eigenvalue weighted by atomic mass is 16.5. The smallest absolute Gasteiger partial charge is 0.231 e. The molecule has 0 aromatic carbocycles. The lowest BCUT2D eigenvalue weighted by Crippen LogP contribution is -2.33. The van der Waals surface area contributed by atoms with E-state index in [2.05, 4.69) is 43.2 Å². The predicted molar refractivity (Wildman–Crippen MR) is 77.6 cm³/mol. The quantitative estimate of drug-likeness (QED) is 0.868. The summed E-state index contributed by atoms with van der Waals surface area (Å²) in [5, 5.41) is 7.64. The van der Waals surface area contributed by atoms with Gasteiger partial charge >= 0.3 is 0 Å². The lowest BCUT2D eigenvalue weighted by Gasteiger charge is -2.30. The molecule has 1 aromatic heterocycles. The Morgan fingerprint density at radius 2 is 2.15 bits per heavy atom. The van der Waals surface area contributed by atoms with Crippen molar-refractivity contribution >= 4 is 0 Å². The number of likely N-dealkylation sites (N-methyl/N-ethyl adjacent to an activating group) is 1. The Hall–Kier alpha value is -0.940. The van der Waals surface area contributed by atoms with E-state index in [0.717, 1.165) is 38.8 Å². The van der Waals surface area contributed by atoms with E-state index in [0.29, 0.717) is 17.8 Å². The summed E-state index contributed by atoms with van der Waals surface area (Å²) in [5.41, 5.74) is -0.375. The van der Waals surface area contributed by atoms with Crippen LogP contribution in [0.2, 0.25) is 0 Å². The number of ether oxygens (including phenoxy) is 1. The van der Waals surface area contributed by atoms with Gasteiger partial charge in [-0.15, -0.1) is 0 Å². The maximum Gasteiger partial charge on any atom is 0.231 e. The lowest BCUT2D eigenvalue weighted by atomic mass is 9.95. The van der Waals surface area contributed by atoms with Crippen molar-refractivity contribution in [3.05, 3.63) is 11.7 Å². The maximum atomic E-state index is 5.88. The Labute approximate surface area is 121 Å².